The summed E-state index contributed by atoms with van der Waals surface area (Å²) in [6.07, 6.45) is 8.02. The predicted octanol–water partition coefficient (Wildman–Crippen LogP) is 1.28. The van der Waals surface area contributed by atoms with Crippen molar-refractivity contribution in [2.75, 3.05) is 33.2 Å². The summed E-state index contributed by atoms with van der Waals surface area (Å²) in [5.74, 6) is 0. The van der Waals surface area contributed by atoms with E-state index in [0.717, 1.165) is 32.4 Å². The van der Waals surface area contributed by atoms with Crippen LogP contribution < -0.4 is 0 Å². The Morgan fingerprint density at radius 2 is 1.70 bits per heavy atom. The second-order valence-electron chi connectivity index (χ2n) is 6.51. The fraction of sp³-hybridized carbons (Fsp3) is 1.00. The van der Waals surface area contributed by atoms with Gasteiger partial charge in [0.05, 0.1) is 0 Å². The first-order valence-corrected chi connectivity index (χ1v) is 9.46. The molecule has 0 unspecified atom stereocenters. The standard InChI is InChI=1S/C14H27N3O2S/c1-15(13-6-3-2-4-7-13)20(18,19)17-11-10-16-9-5-8-14(16)12-17/h13-14H,2-12H2,1H3/t14-/m0/s1. The molecule has 3 rings (SSSR count). The normalized spacial score (nSPS) is 30.8. The van der Waals surface area contributed by atoms with E-state index in [-0.39, 0.29) is 6.04 Å². The Kier molecular flexibility index (Phi) is 4.36. The summed E-state index contributed by atoms with van der Waals surface area (Å²) in [4.78, 5) is 2.45. The molecule has 0 aromatic heterocycles. The fourth-order valence-corrected chi connectivity index (χ4v) is 5.61. The molecule has 1 atom stereocenters. The number of hydrogen-bond acceptors (Lipinski definition) is 3. The molecule has 20 heavy (non-hydrogen) atoms. The molecule has 1 saturated carbocycles. The molecule has 0 bridgehead atoms. The largest absolute Gasteiger partial charge is 0.298 e. The molecule has 0 amide bonds. The van der Waals surface area contributed by atoms with Crippen LogP contribution in [0.4, 0.5) is 0 Å². The summed E-state index contributed by atoms with van der Waals surface area (Å²) < 4.78 is 29.0. The number of fused-ring (bicyclic) bond motifs is 1. The van der Waals surface area contributed by atoms with E-state index >= 15 is 0 Å². The van der Waals surface area contributed by atoms with Gasteiger partial charge in [-0.1, -0.05) is 19.3 Å². The molecule has 0 N–H and O–H groups in total. The smallest absolute Gasteiger partial charge is 0.282 e. The molecule has 2 saturated heterocycles. The maximum atomic E-state index is 12.8. The van der Waals surface area contributed by atoms with E-state index in [1.807, 2.05) is 0 Å². The maximum Gasteiger partial charge on any atom is 0.282 e. The van der Waals surface area contributed by atoms with Crippen molar-refractivity contribution < 1.29 is 8.42 Å². The highest BCUT2D eigenvalue weighted by atomic mass is 32.2. The van der Waals surface area contributed by atoms with E-state index in [4.69, 9.17) is 0 Å². The summed E-state index contributed by atoms with van der Waals surface area (Å²) in [6.45, 7) is 3.41. The molecule has 116 valence electrons. The Bertz CT molecular complexity index is 434. The molecule has 0 spiro atoms. The van der Waals surface area contributed by atoms with E-state index in [1.165, 1.54) is 25.7 Å². The van der Waals surface area contributed by atoms with Crippen molar-refractivity contribution in [2.45, 2.75) is 57.0 Å². The zero-order valence-corrected chi connectivity index (χ0v) is 13.3. The third-order valence-electron chi connectivity index (χ3n) is 5.33. The van der Waals surface area contributed by atoms with E-state index < -0.39 is 10.2 Å². The lowest BCUT2D eigenvalue weighted by molar-refractivity contribution is 0.149. The monoisotopic (exact) mass is 301 g/mol. The molecule has 0 radical (unpaired) electrons. The zero-order valence-electron chi connectivity index (χ0n) is 12.5. The highest BCUT2D eigenvalue weighted by Gasteiger charge is 2.39. The Hall–Kier alpha value is -0.170. The lowest BCUT2D eigenvalue weighted by Gasteiger charge is -2.40. The van der Waals surface area contributed by atoms with Crippen LogP contribution in [0.5, 0.6) is 0 Å². The van der Waals surface area contributed by atoms with Crippen LogP contribution in [0.3, 0.4) is 0 Å². The highest BCUT2D eigenvalue weighted by Crippen LogP contribution is 2.27. The summed E-state index contributed by atoms with van der Waals surface area (Å²) >= 11 is 0. The molecule has 2 heterocycles. The van der Waals surface area contributed by atoms with Gasteiger partial charge in [-0.3, -0.25) is 4.90 Å². The van der Waals surface area contributed by atoms with Gasteiger partial charge in [0.1, 0.15) is 0 Å². The van der Waals surface area contributed by atoms with Crippen molar-refractivity contribution in [1.29, 1.82) is 0 Å². The first-order valence-electron chi connectivity index (χ1n) is 8.06. The third-order valence-corrected chi connectivity index (χ3v) is 7.34. The average molecular weight is 301 g/mol. The minimum atomic E-state index is -3.26. The quantitative estimate of drug-likeness (QED) is 0.788. The third kappa shape index (κ3) is 2.75. The SMILES string of the molecule is CN(C1CCCCC1)S(=O)(=O)N1CCN2CCC[C@H]2C1. The minimum absolute atomic E-state index is 0.218. The van der Waals surface area contributed by atoms with Crippen LogP contribution in [0, 0.1) is 0 Å². The average Bonchev–Trinajstić information content (AvgIpc) is 2.94. The Morgan fingerprint density at radius 1 is 0.950 bits per heavy atom. The summed E-state index contributed by atoms with van der Waals surface area (Å²) in [6, 6.07) is 0.675. The van der Waals surface area contributed by atoms with Gasteiger partial charge in [-0.25, -0.2) is 0 Å². The fourth-order valence-electron chi connectivity index (χ4n) is 3.99. The van der Waals surface area contributed by atoms with Crippen molar-refractivity contribution in [1.82, 2.24) is 13.5 Å². The van der Waals surface area contributed by atoms with Gasteiger partial charge in [-0.15, -0.1) is 0 Å². The van der Waals surface area contributed by atoms with Crippen LogP contribution in [0.25, 0.3) is 0 Å². The van der Waals surface area contributed by atoms with Gasteiger partial charge in [-0.2, -0.15) is 17.0 Å². The van der Waals surface area contributed by atoms with E-state index in [2.05, 4.69) is 4.90 Å². The van der Waals surface area contributed by atoms with Crippen LogP contribution in [0.1, 0.15) is 44.9 Å². The van der Waals surface area contributed by atoms with Crippen molar-refractivity contribution >= 4 is 10.2 Å². The number of piperazine rings is 1. The zero-order chi connectivity index (χ0) is 14.2. The van der Waals surface area contributed by atoms with Gasteiger partial charge in [0.15, 0.2) is 0 Å². The molecule has 3 aliphatic rings. The van der Waals surface area contributed by atoms with Gasteiger partial charge in [-0.05, 0) is 32.2 Å². The molecular weight excluding hydrogens is 274 g/mol. The lowest BCUT2D eigenvalue weighted by Crippen LogP contribution is -2.56. The van der Waals surface area contributed by atoms with Gasteiger partial charge in [0, 0.05) is 38.8 Å². The highest BCUT2D eigenvalue weighted by molar-refractivity contribution is 7.86. The number of hydrogen-bond donors (Lipinski definition) is 0. The predicted molar refractivity (Wildman–Crippen MR) is 79.7 cm³/mol. The van der Waals surface area contributed by atoms with E-state index in [0.29, 0.717) is 19.1 Å². The van der Waals surface area contributed by atoms with Gasteiger partial charge in [0.2, 0.25) is 0 Å². The van der Waals surface area contributed by atoms with Crippen LogP contribution in [-0.4, -0.2) is 67.2 Å². The molecule has 0 aromatic rings. The molecule has 0 aromatic carbocycles. The Morgan fingerprint density at radius 3 is 2.45 bits per heavy atom. The van der Waals surface area contributed by atoms with Crippen molar-refractivity contribution in [2.24, 2.45) is 0 Å². The van der Waals surface area contributed by atoms with E-state index in [1.54, 1.807) is 15.7 Å². The molecule has 6 heteroatoms. The van der Waals surface area contributed by atoms with Crippen molar-refractivity contribution in [3.05, 3.63) is 0 Å². The first kappa shape index (κ1) is 14.8. The maximum absolute atomic E-state index is 12.8. The Balaban J connectivity index is 1.67. The molecule has 3 fully saturated rings. The number of nitrogens with zero attached hydrogens (tertiary/aromatic N) is 3. The summed E-state index contributed by atoms with van der Waals surface area (Å²) in [5, 5.41) is 0. The van der Waals surface area contributed by atoms with Crippen LogP contribution in [-0.2, 0) is 10.2 Å². The van der Waals surface area contributed by atoms with Gasteiger partial charge < -0.3 is 0 Å². The van der Waals surface area contributed by atoms with E-state index in [9.17, 15) is 8.42 Å². The molecule has 1 aliphatic carbocycles. The topological polar surface area (TPSA) is 43.9 Å². The Labute approximate surface area is 123 Å². The molecular formula is C14H27N3O2S. The van der Waals surface area contributed by atoms with Crippen LogP contribution in [0.2, 0.25) is 0 Å². The second kappa shape index (κ2) is 5.91. The minimum Gasteiger partial charge on any atom is -0.298 e. The second-order valence-corrected chi connectivity index (χ2v) is 8.49. The van der Waals surface area contributed by atoms with Gasteiger partial charge >= 0.3 is 0 Å². The van der Waals surface area contributed by atoms with Crippen LogP contribution >= 0.6 is 0 Å². The summed E-state index contributed by atoms with van der Waals surface area (Å²) in [7, 11) is -1.48. The first-order chi connectivity index (χ1) is 9.59. The summed E-state index contributed by atoms with van der Waals surface area (Å²) in [5.41, 5.74) is 0. The van der Waals surface area contributed by atoms with Crippen molar-refractivity contribution in [3.63, 3.8) is 0 Å². The molecule has 2 aliphatic heterocycles. The molecule has 5 nitrogen and oxygen atoms in total. The van der Waals surface area contributed by atoms with Crippen LogP contribution in [0.15, 0.2) is 0 Å². The lowest BCUT2D eigenvalue weighted by atomic mass is 9.96. The van der Waals surface area contributed by atoms with Gasteiger partial charge in [0.25, 0.3) is 10.2 Å². The van der Waals surface area contributed by atoms with Crippen molar-refractivity contribution in [3.8, 4) is 0 Å². The number of rotatable bonds is 3.